The summed E-state index contributed by atoms with van der Waals surface area (Å²) >= 11 is 0. The summed E-state index contributed by atoms with van der Waals surface area (Å²) in [4.78, 5) is 23.1. The number of carboxylic acid groups (broad SMARTS) is 1. The van der Waals surface area contributed by atoms with Gasteiger partial charge in [0.15, 0.2) is 12.3 Å². The van der Waals surface area contributed by atoms with Crippen LogP contribution in [0.5, 0.6) is 0 Å². The van der Waals surface area contributed by atoms with Gasteiger partial charge in [0.05, 0.1) is 13.0 Å². The van der Waals surface area contributed by atoms with Gasteiger partial charge in [0, 0.05) is 0 Å². The maximum atomic E-state index is 11.1. The van der Waals surface area contributed by atoms with E-state index >= 15 is 0 Å². The Morgan fingerprint density at radius 2 is 2.43 bits per heavy atom. The molecule has 0 bridgehead atoms. The number of β-lactam (4-membered cyclic amide) rings is 1. The lowest BCUT2D eigenvalue weighted by Crippen LogP contribution is -2.54. The fraction of sp³-hybridized carbons (Fsp3) is 0.500. The van der Waals surface area contributed by atoms with Gasteiger partial charge in [0.1, 0.15) is 5.76 Å². The number of carbonyl (C=O) groups excluding carboxylic acids is 1. The van der Waals surface area contributed by atoms with Crippen molar-refractivity contribution in [2.45, 2.75) is 18.7 Å². The fourth-order valence-corrected chi connectivity index (χ4v) is 1.66. The first-order valence-corrected chi connectivity index (χ1v) is 4.16. The monoisotopic (exact) mass is 199 g/mol. The summed E-state index contributed by atoms with van der Waals surface area (Å²) in [6.45, 7) is -0.298. The molecule has 2 atom stereocenters. The number of hydrogen-bond acceptors (Lipinski definition) is 4. The molecule has 2 saturated heterocycles. The Hall–Kier alpha value is -1.56. The molecule has 2 heterocycles. The highest BCUT2D eigenvalue weighted by Gasteiger charge is 2.53. The third kappa shape index (κ3) is 1.07. The van der Waals surface area contributed by atoms with E-state index in [0.29, 0.717) is 0 Å². The van der Waals surface area contributed by atoms with Crippen LogP contribution in [-0.4, -0.2) is 45.9 Å². The first-order valence-electron chi connectivity index (χ1n) is 4.16. The first kappa shape index (κ1) is 9.01. The maximum absolute atomic E-state index is 11.1. The van der Waals surface area contributed by atoms with Gasteiger partial charge in [0.25, 0.3) is 0 Å². The zero-order chi connectivity index (χ0) is 10.3. The molecule has 2 N–H and O–H groups in total. The molecule has 0 aromatic heterocycles. The molecular weight excluding hydrogens is 190 g/mol. The van der Waals surface area contributed by atoms with Crippen LogP contribution >= 0.6 is 0 Å². The van der Waals surface area contributed by atoms with Crippen molar-refractivity contribution in [3.05, 3.63) is 11.8 Å². The normalized spacial score (nSPS) is 32.5. The van der Waals surface area contributed by atoms with Crippen LogP contribution in [0, 0.1) is 0 Å². The van der Waals surface area contributed by atoms with Crippen molar-refractivity contribution in [1.82, 2.24) is 4.90 Å². The Labute approximate surface area is 79.4 Å². The summed E-state index contributed by atoms with van der Waals surface area (Å²) in [7, 11) is 0. The molecule has 1 amide bonds. The van der Waals surface area contributed by atoms with Crippen LogP contribution in [0.3, 0.4) is 0 Å². The third-order valence-corrected chi connectivity index (χ3v) is 2.29. The molecule has 0 aromatic rings. The molecule has 0 unspecified atom stereocenters. The number of ether oxygens (including phenoxy) is 1. The number of aliphatic hydroxyl groups excluding tert-OH is 1. The van der Waals surface area contributed by atoms with E-state index in [1.807, 2.05) is 0 Å². The van der Waals surface area contributed by atoms with Gasteiger partial charge in [0.2, 0.25) is 5.91 Å². The Morgan fingerprint density at radius 3 is 2.93 bits per heavy atom. The topological polar surface area (TPSA) is 87.1 Å². The molecule has 0 aromatic carbocycles. The number of nitrogens with zero attached hydrogens (tertiary/aromatic N) is 1. The second-order valence-corrected chi connectivity index (χ2v) is 3.11. The molecule has 2 aliphatic rings. The molecular formula is C8H9NO5. The number of carboxylic acids is 1. The highest BCUT2D eigenvalue weighted by Crippen LogP contribution is 2.36. The predicted octanol–water partition coefficient (Wildman–Crippen LogP) is -1.10. The third-order valence-electron chi connectivity index (χ3n) is 2.29. The highest BCUT2D eigenvalue weighted by atomic mass is 16.5. The minimum atomic E-state index is -1.14. The zero-order valence-electron chi connectivity index (χ0n) is 7.21. The number of aliphatic hydroxyl groups is 1. The van der Waals surface area contributed by atoms with Crippen molar-refractivity contribution in [1.29, 1.82) is 0 Å². The molecule has 6 heteroatoms. The Morgan fingerprint density at radius 1 is 1.71 bits per heavy atom. The van der Waals surface area contributed by atoms with Crippen molar-refractivity contribution in [3.63, 3.8) is 0 Å². The summed E-state index contributed by atoms with van der Waals surface area (Å²) in [6.07, 6.45) is 1.03. The molecule has 0 saturated carbocycles. The Balaban J connectivity index is 2.26. The summed E-state index contributed by atoms with van der Waals surface area (Å²) in [6, 6.07) is -1.06. The number of aliphatic carboxylic acids is 1. The van der Waals surface area contributed by atoms with E-state index < -0.39 is 18.2 Å². The fourth-order valence-electron chi connectivity index (χ4n) is 1.66. The van der Waals surface area contributed by atoms with Crippen molar-refractivity contribution in [2.24, 2.45) is 0 Å². The van der Waals surface area contributed by atoms with Crippen LogP contribution in [0.2, 0.25) is 0 Å². The lowest BCUT2D eigenvalue weighted by Gasteiger charge is -2.33. The number of fused-ring (bicyclic) bond motifs is 1. The number of rotatable bonds is 2. The van der Waals surface area contributed by atoms with Gasteiger partial charge in [-0.3, -0.25) is 9.69 Å². The number of amides is 1. The van der Waals surface area contributed by atoms with E-state index in [9.17, 15) is 9.59 Å². The highest BCUT2D eigenvalue weighted by molar-refractivity contribution is 5.91. The minimum Gasteiger partial charge on any atom is -0.479 e. The Kier molecular flexibility index (Phi) is 1.92. The SMILES string of the molecule is O=C(O)[C@@H]1/C(=C/CO)O[C@@H]2CC(=O)N12. The number of hydrogen-bond donors (Lipinski definition) is 2. The van der Waals surface area contributed by atoms with Crippen LogP contribution < -0.4 is 0 Å². The van der Waals surface area contributed by atoms with E-state index in [1.54, 1.807) is 0 Å². The summed E-state index contributed by atoms with van der Waals surface area (Å²) in [5, 5.41) is 17.5. The van der Waals surface area contributed by atoms with Crippen LogP contribution in [0.1, 0.15) is 6.42 Å². The average molecular weight is 199 g/mol. The van der Waals surface area contributed by atoms with Crippen LogP contribution in [0.15, 0.2) is 11.8 Å². The van der Waals surface area contributed by atoms with Crippen molar-refractivity contribution in [2.75, 3.05) is 6.61 Å². The lowest BCUT2D eigenvalue weighted by atomic mass is 10.1. The first-order chi connectivity index (χ1) is 6.65. The van der Waals surface area contributed by atoms with Gasteiger partial charge in [-0.05, 0) is 6.08 Å². The van der Waals surface area contributed by atoms with Crippen molar-refractivity contribution >= 4 is 11.9 Å². The van der Waals surface area contributed by atoms with E-state index in [4.69, 9.17) is 14.9 Å². The average Bonchev–Trinajstić information content (AvgIpc) is 2.39. The van der Waals surface area contributed by atoms with Gasteiger partial charge in [-0.15, -0.1) is 0 Å². The predicted molar refractivity (Wildman–Crippen MR) is 42.9 cm³/mol. The summed E-state index contributed by atoms with van der Waals surface area (Å²) in [5.74, 6) is -1.22. The Bertz CT molecular complexity index is 324. The van der Waals surface area contributed by atoms with Gasteiger partial charge in [-0.1, -0.05) is 0 Å². The zero-order valence-corrected chi connectivity index (χ0v) is 7.21. The molecule has 2 fully saturated rings. The van der Waals surface area contributed by atoms with E-state index in [1.165, 1.54) is 11.0 Å². The molecule has 2 aliphatic heterocycles. The van der Waals surface area contributed by atoms with Crippen LogP contribution in [0.4, 0.5) is 0 Å². The standard InChI is InChI=1S/C8H9NO5/c10-2-1-4-7(8(12)13)9-5(11)3-6(9)14-4/h1,6-7,10H,2-3H2,(H,12,13)/b4-1-/t6-,7+/m1/s1. The summed E-state index contributed by atoms with van der Waals surface area (Å²) in [5.41, 5.74) is 0. The molecule has 0 radical (unpaired) electrons. The molecule has 76 valence electrons. The molecule has 6 nitrogen and oxygen atoms in total. The lowest BCUT2D eigenvalue weighted by molar-refractivity contribution is -0.163. The maximum Gasteiger partial charge on any atom is 0.334 e. The van der Waals surface area contributed by atoms with Crippen LogP contribution in [-0.2, 0) is 14.3 Å². The quantitative estimate of drug-likeness (QED) is 0.551. The van der Waals surface area contributed by atoms with Gasteiger partial charge < -0.3 is 14.9 Å². The van der Waals surface area contributed by atoms with Crippen molar-refractivity contribution < 1.29 is 24.5 Å². The molecule has 0 spiro atoms. The smallest absolute Gasteiger partial charge is 0.334 e. The second kappa shape index (κ2) is 2.98. The summed E-state index contributed by atoms with van der Waals surface area (Å²) < 4.78 is 5.17. The van der Waals surface area contributed by atoms with Crippen molar-refractivity contribution in [3.8, 4) is 0 Å². The van der Waals surface area contributed by atoms with E-state index in [0.717, 1.165) is 0 Å². The molecule has 0 aliphatic carbocycles. The number of carbonyl (C=O) groups is 2. The van der Waals surface area contributed by atoms with E-state index in [2.05, 4.69) is 0 Å². The minimum absolute atomic E-state index is 0.149. The largest absolute Gasteiger partial charge is 0.479 e. The molecule has 14 heavy (non-hydrogen) atoms. The van der Waals surface area contributed by atoms with E-state index in [-0.39, 0.29) is 24.7 Å². The van der Waals surface area contributed by atoms with Gasteiger partial charge in [-0.25, -0.2) is 4.79 Å². The van der Waals surface area contributed by atoms with Gasteiger partial charge in [-0.2, -0.15) is 0 Å². The van der Waals surface area contributed by atoms with Gasteiger partial charge >= 0.3 is 5.97 Å². The van der Waals surface area contributed by atoms with Crippen LogP contribution in [0.25, 0.3) is 0 Å². The second-order valence-electron chi connectivity index (χ2n) is 3.11. The molecule has 2 rings (SSSR count).